The van der Waals surface area contributed by atoms with Crippen molar-refractivity contribution in [2.24, 2.45) is 23.5 Å². The lowest BCUT2D eigenvalue weighted by molar-refractivity contribution is -0.127. The number of nitrogens with two attached hydrogens (primary N) is 1. The van der Waals surface area contributed by atoms with Crippen LogP contribution in [0.4, 0.5) is 0 Å². The second kappa shape index (κ2) is 5.17. The Labute approximate surface area is 99.2 Å². The van der Waals surface area contributed by atoms with Crippen LogP contribution in [0.15, 0.2) is 0 Å². The molecule has 2 unspecified atom stereocenters. The van der Waals surface area contributed by atoms with Crippen LogP contribution in [-0.2, 0) is 4.79 Å². The van der Waals surface area contributed by atoms with E-state index in [1.807, 2.05) is 0 Å². The zero-order chi connectivity index (χ0) is 12.3. The van der Waals surface area contributed by atoms with E-state index in [0.717, 1.165) is 19.4 Å². The molecule has 1 amide bonds. The molecule has 3 N–H and O–H groups in total. The van der Waals surface area contributed by atoms with Gasteiger partial charge in [0.2, 0.25) is 5.91 Å². The van der Waals surface area contributed by atoms with Gasteiger partial charge in [-0.2, -0.15) is 0 Å². The number of nitrogens with one attached hydrogen (secondary N) is 1. The van der Waals surface area contributed by atoms with Gasteiger partial charge in [0.05, 0.1) is 5.54 Å². The lowest BCUT2D eigenvalue weighted by atomic mass is 9.71. The highest BCUT2D eigenvalue weighted by molar-refractivity contribution is 5.84. The van der Waals surface area contributed by atoms with Gasteiger partial charge in [0.15, 0.2) is 0 Å². The Morgan fingerprint density at radius 3 is 2.25 bits per heavy atom. The zero-order valence-electron chi connectivity index (χ0n) is 11.0. The minimum Gasteiger partial charge on any atom is -0.368 e. The predicted molar refractivity (Wildman–Crippen MR) is 66.9 cm³/mol. The van der Waals surface area contributed by atoms with Gasteiger partial charge in [0.25, 0.3) is 0 Å². The van der Waals surface area contributed by atoms with Crippen molar-refractivity contribution < 1.29 is 4.79 Å². The van der Waals surface area contributed by atoms with E-state index in [0.29, 0.717) is 17.8 Å². The molecule has 0 aliphatic heterocycles. The monoisotopic (exact) mass is 226 g/mol. The Morgan fingerprint density at radius 2 is 1.88 bits per heavy atom. The molecule has 94 valence electrons. The summed E-state index contributed by atoms with van der Waals surface area (Å²) >= 11 is 0. The lowest BCUT2D eigenvalue weighted by Crippen LogP contribution is -2.59. The van der Waals surface area contributed by atoms with Crippen LogP contribution in [-0.4, -0.2) is 18.0 Å². The maximum absolute atomic E-state index is 11.7. The third-order valence-electron chi connectivity index (χ3n) is 3.52. The standard InChI is InChI=1S/C13H26N2O/c1-9(2)8-15-13(12(14)16)6-10(3)5-11(4)7-13/h9-11,15H,5-8H2,1-4H3,(H2,14,16). The van der Waals surface area contributed by atoms with E-state index >= 15 is 0 Å². The number of hydrogen-bond acceptors (Lipinski definition) is 2. The van der Waals surface area contributed by atoms with Crippen LogP contribution in [0.1, 0.15) is 47.0 Å². The van der Waals surface area contributed by atoms with Crippen molar-refractivity contribution in [3.63, 3.8) is 0 Å². The molecule has 1 fully saturated rings. The van der Waals surface area contributed by atoms with Gasteiger partial charge in [-0.05, 0) is 43.6 Å². The summed E-state index contributed by atoms with van der Waals surface area (Å²) in [6.45, 7) is 9.59. The minimum absolute atomic E-state index is 0.174. The zero-order valence-corrected chi connectivity index (χ0v) is 11.0. The summed E-state index contributed by atoms with van der Waals surface area (Å²) in [4.78, 5) is 11.7. The molecule has 2 atom stereocenters. The molecular weight excluding hydrogens is 200 g/mol. The largest absolute Gasteiger partial charge is 0.368 e. The fourth-order valence-corrected chi connectivity index (χ4v) is 2.96. The first-order chi connectivity index (χ1) is 7.35. The highest BCUT2D eigenvalue weighted by Crippen LogP contribution is 2.35. The van der Waals surface area contributed by atoms with E-state index < -0.39 is 5.54 Å². The van der Waals surface area contributed by atoms with E-state index in [9.17, 15) is 4.79 Å². The number of amides is 1. The van der Waals surface area contributed by atoms with Crippen LogP contribution < -0.4 is 11.1 Å². The normalized spacial score (nSPS) is 35.3. The van der Waals surface area contributed by atoms with Crippen molar-refractivity contribution in [1.82, 2.24) is 5.32 Å². The number of primary amides is 1. The van der Waals surface area contributed by atoms with Gasteiger partial charge >= 0.3 is 0 Å². The summed E-state index contributed by atoms with van der Waals surface area (Å²) < 4.78 is 0. The quantitative estimate of drug-likeness (QED) is 0.769. The smallest absolute Gasteiger partial charge is 0.237 e. The van der Waals surface area contributed by atoms with E-state index in [-0.39, 0.29) is 5.91 Å². The molecule has 3 nitrogen and oxygen atoms in total. The van der Waals surface area contributed by atoms with Crippen molar-refractivity contribution in [1.29, 1.82) is 0 Å². The number of carbonyl (C=O) groups is 1. The fraction of sp³-hybridized carbons (Fsp3) is 0.923. The van der Waals surface area contributed by atoms with Crippen LogP contribution in [0.2, 0.25) is 0 Å². The summed E-state index contributed by atoms with van der Waals surface area (Å²) in [6.07, 6.45) is 2.98. The minimum atomic E-state index is -0.457. The van der Waals surface area contributed by atoms with Crippen LogP contribution in [0.5, 0.6) is 0 Å². The van der Waals surface area contributed by atoms with Gasteiger partial charge in [-0.15, -0.1) is 0 Å². The molecule has 0 aromatic carbocycles. The molecule has 0 heterocycles. The summed E-state index contributed by atoms with van der Waals surface area (Å²) in [5, 5.41) is 3.42. The van der Waals surface area contributed by atoms with Crippen molar-refractivity contribution in [3.05, 3.63) is 0 Å². The van der Waals surface area contributed by atoms with Crippen LogP contribution in [0.25, 0.3) is 0 Å². The Hall–Kier alpha value is -0.570. The van der Waals surface area contributed by atoms with Crippen molar-refractivity contribution in [2.75, 3.05) is 6.54 Å². The molecule has 16 heavy (non-hydrogen) atoms. The van der Waals surface area contributed by atoms with Crippen LogP contribution in [0.3, 0.4) is 0 Å². The molecule has 1 saturated carbocycles. The SMILES string of the molecule is CC(C)CNC1(C(N)=O)CC(C)CC(C)C1. The molecule has 3 heteroatoms. The van der Waals surface area contributed by atoms with Gasteiger partial charge in [-0.3, -0.25) is 4.79 Å². The van der Waals surface area contributed by atoms with E-state index in [1.54, 1.807) is 0 Å². The Morgan fingerprint density at radius 1 is 1.38 bits per heavy atom. The fourth-order valence-electron chi connectivity index (χ4n) is 2.96. The molecule has 1 aliphatic rings. The van der Waals surface area contributed by atoms with Crippen molar-refractivity contribution in [2.45, 2.75) is 52.5 Å². The first-order valence-electron chi connectivity index (χ1n) is 6.40. The van der Waals surface area contributed by atoms with Crippen LogP contribution in [0, 0.1) is 17.8 Å². The Bertz CT molecular complexity index is 240. The number of carbonyl (C=O) groups excluding carboxylic acids is 1. The number of rotatable bonds is 4. The second-order valence-electron chi connectivity index (χ2n) is 6.08. The first-order valence-corrected chi connectivity index (χ1v) is 6.40. The summed E-state index contributed by atoms with van der Waals surface area (Å²) in [5.41, 5.74) is 5.15. The third-order valence-corrected chi connectivity index (χ3v) is 3.52. The summed E-state index contributed by atoms with van der Waals surface area (Å²) in [5.74, 6) is 1.53. The lowest BCUT2D eigenvalue weighted by Gasteiger charge is -2.41. The Kier molecular flexibility index (Phi) is 4.36. The van der Waals surface area contributed by atoms with Gasteiger partial charge < -0.3 is 11.1 Å². The summed E-state index contributed by atoms with van der Waals surface area (Å²) in [6, 6.07) is 0. The highest BCUT2D eigenvalue weighted by atomic mass is 16.1. The summed E-state index contributed by atoms with van der Waals surface area (Å²) in [7, 11) is 0. The van der Waals surface area contributed by atoms with Crippen molar-refractivity contribution >= 4 is 5.91 Å². The maximum atomic E-state index is 11.7. The second-order valence-corrected chi connectivity index (χ2v) is 6.08. The van der Waals surface area contributed by atoms with Gasteiger partial charge in [-0.25, -0.2) is 0 Å². The van der Waals surface area contributed by atoms with E-state index in [1.165, 1.54) is 6.42 Å². The average Bonchev–Trinajstić information content (AvgIpc) is 2.13. The van der Waals surface area contributed by atoms with Gasteiger partial charge in [0.1, 0.15) is 0 Å². The molecule has 0 aromatic rings. The molecule has 1 rings (SSSR count). The molecule has 0 aromatic heterocycles. The molecule has 0 saturated heterocycles. The molecule has 0 spiro atoms. The molecule has 1 aliphatic carbocycles. The van der Waals surface area contributed by atoms with Crippen molar-refractivity contribution in [3.8, 4) is 0 Å². The topological polar surface area (TPSA) is 55.1 Å². The number of hydrogen-bond donors (Lipinski definition) is 2. The van der Waals surface area contributed by atoms with Gasteiger partial charge in [-0.1, -0.05) is 27.7 Å². The van der Waals surface area contributed by atoms with Crippen LogP contribution >= 0.6 is 0 Å². The Balaban J connectivity index is 2.74. The maximum Gasteiger partial charge on any atom is 0.237 e. The highest BCUT2D eigenvalue weighted by Gasteiger charge is 2.42. The predicted octanol–water partition coefficient (Wildman–Crippen LogP) is 1.91. The van der Waals surface area contributed by atoms with E-state index in [4.69, 9.17) is 5.73 Å². The van der Waals surface area contributed by atoms with E-state index in [2.05, 4.69) is 33.0 Å². The van der Waals surface area contributed by atoms with Gasteiger partial charge in [0, 0.05) is 0 Å². The average molecular weight is 226 g/mol. The first kappa shape index (κ1) is 13.5. The molecular formula is C13H26N2O. The third kappa shape index (κ3) is 3.21. The molecule has 0 bridgehead atoms. The molecule has 0 radical (unpaired) electrons.